The molecule has 1 saturated carbocycles. The van der Waals surface area contributed by atoms with Gasteiger partial charge in [-0.1, -0.05) is 13.8 Å². The van der Waals surface area contributed by atoms with Crippen molar-refractivity contribution < 1.29 is 9.84 Å². The molecule has 0 aliphatic heterocycles. The fraction of sp³-hybridized carbons (Fsp3) is 0.933. The van der Waals surface area contributed by atoms with E-state index in [-0.39, 0.29) is 12.0 Å². The molecule has 0 saturated heterocycles. The van der Waals surface area contributed by atoms with Crippen LogP contribution in [0.5, 0.6) is 0 Å². The van der Waals surface area contributed by atoms with Gasteiger partial charge in [0, 0.05) is 31.7 Å². The maximum absolute atomic E-state index is 9.29. The minimum absolute atomic E-state index is 0.0721. The van der Waals surface area contributed by atoms with E-state index in [2.05, 4.69) is 36.4 Å². The molecule has 1 aliphatic carbocycles. The molecule has 0 spiro atoms. The van der Waals surface area contributed by atoms with Gasteiger partial charge in [-0.2, -0.15) is 0 Å². The fourth-order valence-corrected chi connectivity index (χ4v) is 1.83. The van der Waals surface area contributed by atoms with Gasteiger partial charge < -0.3 is 20.5 Å². The number of aliphatic hydroxyl groups excluding tert-OH is 1. The molecule has 5 nitrogen and oxygen atoms in total. The highest BCUT2D eigenvalue weighted by molar-refractivity contribution is 5.79. The van der Waals surface area contributed by atoms with Gasteiger partial charge in [-0.15, -0.1) is 0 Å². The summed E-state index contributed by atoms with van der Waals surface area (Å²) in [5.41, 5.74) is 0.0721. The largest absolute Gasteiger partial charge is 0.396 e. The summed E-state index contributed by atoms with van der Waals surface area (Å²) in [5, 5.41) is 15.8. The van der Waals surface area contributed by atoms with Gasteiger partial charge in [0.1, 0.15) is 0 Å². The zero-order chi connectivity index (χ0) is 14.8. The first kappa shape index (κ1) is 17.2. The molecular weight excluding hydrogens is 254 g/mol. The van der Waals surface area contributed by atoms with Gasteiger partial charge in [0.15, 0.2) is 5.96 Å². The molecule has 118 valence electrons. The van der Waals surface area contributed by atoms with Crippen LogP contribution in [-0.4, -0.2) is 50.5 Å². The number of aliphatic hydroxyl groups is 1. The molecule has 0 atom stereocenters. The molecular formula is C15H31N3O2. The number of nitrogens with zero attached hydrogens (tertiary/aromatic N) is 1. The van der Waals surface area contributed by atoms with Gasteiger partial charge in [0.25, 0.3) is 0 Å². The lowest BCUT2D eigenvalue weighted by Crippen LogP contribution is -2.38. The van der Waals surface area contributed by atoms with Crippen molar-refractivity contribution in [1.29, 1.82) is 0 Å². The summed E-state index contributed by atoms with van der Waals surface area (Å²) in [5.74, 6) is 1.44. The van der Waals surface area contributed by atoms with Crippen LogP contribution in [0.1, 0.15) is 40.0 Å². The maximum atomic E-state index is 9.29. The molecule has 5 heteroatoms. The molecule has 20 heavy (non-hydrogen) atoms. The molecule has 1 rings (SSSR count). The van der Waals surface area contributed by atoms with Gasteiger partial charge in [0.05, 0.1) is 13.2 Å². The van der Waals surface area contributed by atoms with Gasteiger partial charge in [-0.3, -0.25) is 4.99 Å². The Morgan fingerprint density at radius 1 is 1.35 bits per heavy atom. The molecule has 0 aromatic rings. The Kier molecular flexibility index (Phi) is 7.92. The molecule has 0 bridgehead atoms. The van der Waals surface area contributed by atoms with Crippen LogP contribution in [0.4, 0.5) is 0 Å². The maximum Gasteiger partial charge on any atom is 0.191 e. The van der Waals surface area contributed by atoms with E-state index < -0.39 is 0 Å². The van der Waals surface area contributed by atoms with E-state index >= 15 is 0 Å². The Bertz CT molecular complexity index is 289. The Morgan fingerprint density at radius 2 is 2.10 bits per heavy atom. The Balaban J connectivity index is 2.16. The predicted molar refractivity (Wildman–Crippen MR) is 83.0 cm³/mol. The molecule has 1 aliphatic rings. The Morgan fingerprint density at radius 3 is 2.65 bits per heavy atom. The van der Waals surface area contributed by atoms with E-state index in [0.717, 1.165) is 51.5 Å². The number of rotatable bonds is 10. The number of hydrogen-bond acceptors (Lipinski definition) is 3. The average molecular weight is 285 g/mol. The fourth-order valence-electron chi connectivity index (χ4n) is 1.83. The second-order valence-corrected chi connectivity index (χ2v) is 6.10. The molecule has 0 aromatic heterocycles. The van der Waals surface area contributed by atoms with Gasteiger partial charge in [0.2, 0.25) is 0 Å². The predicted octanol–water partition coefficient (Wildman–Crippen LogP) is 1.38. The molecule has 3 N–H and O–H groups in total. The quantitative estimate of drug-likeness (QED) is 0.322. The summed E-state index contributed by atoms with van der Waals surface area (Å²) in [6.45, 7) is 10.6. The molecule has 0 amide bonds. The van der Waals surface area contributed by atoms with Crippen molar-refractivity contribution in [3.05, 3.63) is 0 Å². The molecule has 1 fully saturated rings. The summed E-state index contributed by atoms with van der Waals surface area (Å²) >= 11 is 0. The third-order valence-electron chi connectivity index (χ3n) is 3.42. The molecule has 0 aromatic carbocycles. The lowest BCUT2D eigenvalue weighted by molar-refractivity contribution is 0.108. The normalized spacial score (nSPS) is 17.4. The number of hydrogen-bond donors (Lipinski definition) is 3. The number of aliphatic imine (C=N–C) groups is 1. The first-order chi connectivity index (χ1) is 9.62. The lowest BCUT2D eigenvalue weighted by Gasteiger charge is -2.14. The summed E-state index contributed by atoms with van der Waals surface area (Å²) in [6, 6.07) is 0. The van der Waals surface area contributed by atoms with Crippen molar-refractivity contribution in [1.82, 2.24) is 10.6 Å². The van der Waals surface area contributed by atoms with Crippen LogP contribution in [0.2, 0.25) is 0 Å². The highest BCUT2D eigenvalue weighted by Gasteiger charge is 2.41. The van der Waals surface area contributed by atoms with E-state index in [9.17, 15) is 5.11 Å². The minimum atomic E-state index is 0.0721. The zero-order valence-electron chi connectivity index (χ0n) is 13.2. The molecule has 0 unspecified atom stereocenters. The van der Waals surface area contributed by atoms with Crippen LogP contribution < -0.4 is 10.6 Å². The van der Waals surface area contributed by atoms with Crippen LogP contribution in [0.3, 0.4) is 0 Å². The van der Waals surface area contributed by atoms with Crippen molar-refractivity contribution >= 4 is 5.96 Å². The number of nitrogens with one attached hydrogen (secondary N) is 2. The Labute approximate surface area is 123 Å². The van der Waals surface area contributed by atoms with Crippen LogP contribution in [0.15, 0.2) is 4.99 Å². The van der Waals surface area contributed by atoms with Gasteiger partial charge in [-0.25, -0.2) is 0 Å². The van der Waals surface area contributed by atoms with Gasteiger partial charge >= 0.3 is 0 Å². The average Bonchev–Trinajstić information content (AvgIpc) is 3.20. The Hall–Kier alpha value is -0.810. The highest BCUT2D eigenvalue weighted by Crippen LogP contribution is 2.45. The highest BCUT2D eigenvalue weighted by atomic mass is 16.5. The lowest BCUT2D eigenvalue weighted by atomic mass is 10.1. The topological polar surface area (TPSA) is 65.9 Å². The first-order valence-corrected chi connectivity index (χ1v) is 7.82. The van der Waals surface area contributed by atoms with Crippen molar-refractivity contribution in [2.24, 2.45) is 16.3 Å². The van der Waals surface area contributed by atoms with Crippen molar-refractivity contribution in [2.75, 3.05) is 39.5 Å². The standard InChI is InChI=1S/C15H31N3O2/c1-4-16-14(18-11-15(12-19)6-7-15)17-8-5-9-20-10-13(2)3/h13,19H,4-12H2,1-3H3,(H2,16,17,18). The SMILES string of the molecule is CCNC(=NCC1(CO)CC1)NCCCOCC(C)C. The smallest absolute Gasteiger partial charge is 0.191 e. The second kappa shape index (κ2) is 9.19. The third kappa shape index (κ3) is 7.10. The zero-order valence-corrected chi connectivity index (χ0v) is 13.2. The summed E-state index contributed by atoms with van der Waals surface area (Å²) in [4.78, 5) is 4.56. The van der Waals surface area contributed by atoms with Crippen molar-refractivity contribution in [2.45, 2.75) is 40.0 Å². The minimum Gasteiger partial charge on any atom is -0.396 e. The monoisotopic (exact) mass is 285 g/mol. The van der Waals surface area contributed by atoms with E-state index in [4.69, 9.17) is 4.74 Å². The summed E-state index contributed by atoms with van der Waals surface area (Å²) in [6.07, 6.45) is 3.16. The first-order valence-electron chi connectivity index (χ1n) is 7.82. The van der Waals surface area contributed by atoms with Crippen LogP contribution in [0, 0.1) is 11.3 Å². The van der Waals surface area contributed by atoms with Crippen LogP contribution >= 0.6 is 0 Å². The van der Waals surface area contributed by atoms with E-state index in [1.54, 1.807) is 0 Å². The van der Waals surface area contributed by atoms with E-state index in [1.165, 1.54) is 0 Å². The van der Waals surface area contributed by atoms with E-state index in [1.807, 2.05) is 0 Å². The number of ether oxygens (including phenoxy) is 1. The van der Waals surface area contributed by atoms with E-state index in [0.29, 0.717) is 12.5 Å². The summed E-state index contributed by atoms with van der Waals surface area (Å²) in [7, 11) is 0. The number of guanidine groups is 1. The summed E-state index contributed by atoms with van der Waals surface area (Å²) < 4.78 is 5.55. The third-order valence-corrected chi connectivity index (χ3v) is 3.42. The molecule has 0 heterocycles. The van der Waals surface area contributed by atoms with Crippen molar-refractivity contribution in [3.63, 3.8) is 0 Å². The van der Waals surface area contributed by atoms with Crippen LogP contribution in [0.25, 0.3) is 0 Å². The molecule has 0 radical (unpaired) electrons. The van der Waals surface area contributed by atoms with Gasteiger partial charge in [-0.05, 0) is 32.1 Å². The second-order valence-electron chi connectivity index (χ2n) is 6.10. The van der Waals surface area contributed by atoms with Crippen molar-refractivity contribution in [3.8, 4) is 0 Å². The van der Waals surface area contributed by atoms with Crippen LogP contribution in [-0.2, 0) is 4.74 Å².